The molecule has 1 aliphatic rings. The number of hydrogen-bond acceptors (Lipinski definition) is 3. The first-order chi connectivity index (χ1) is 12.2. The van der Waals surface area contributed by atoms with E-state index in [9.17, 15) is 27.9 Å². The van der Waals surface area contributed by atoms with E-state index < -0.39 is 29.4 Å². The number of rotatable bonds is 2. The summed E-state index contributed by atoms with van der Waals surface area (Å²) in [5, 5.41) is 12.9. The van der Waals surface area contributed by atoms with E-state index in [1.54, 1.807) is 18.0 Å². The number of phenolic OH excluding ortho intramolecular Hbond substituents is 1. The normalized spacial score (nSPS) is 16.8. The Bertz CT molecular complexity index is 919. The molecule has 1 aliphatic carbocycles. The number of pyridine rings is 1. The van der Waals surface area contributed by atoms with E-state index in [2.05, 4.69) is 5.32 Å². The van der Waals surface area contributed by atoms with Crippen LogP contribution in [0, 0.1) is 6.92 Å². The Balaban J connectivity index is 1.86. The molecule has 2 aromatic rings. The lowest BCUT2D eigenvalue weighted by Crippen LogP contribution is -2.35. The van der Waals surface area contributed by atoms with Gasteiger partial charge in [-0.05, 0) is 55.0 Å². The summed E-state index contributed by atoms with van der Waals surface area (Å²) in [6.45, 7) is 1.78. The van der Waals surface area contributed by atoms with Crippen molar-refractivity contribution >= 4 is 5.91 Å². The first-order valence-corrected chi connectivity index (χ1v) is 8.11. The number of phenols is 1. The molecule has 1 unspecified atom stereocenters. The van der Waals surface area contributed by atoms with Crippen LogP contribution in [0.25, 0.3) is 0 Å². The van der Waals surface area contributed by atoms with Crippen LogP contribution in [0.15, 0.2) is 29.1 Å². The molecular weight excluding hydrogens is 349 g/mol. The third-order valence-electron chi connectivity index (χ3n) is 4.58. The van der Waals surface area contributed by atoms with Gasteiger partial charge in [0.1, 0.15) is 17.0 Å². The number of benzene rings is 1. The van der Waals surface area contributed by atoms with Crippen LogP contribution in [0.5, 0.6) is 5.75 Å². The Kier molecular flexibility index (Phi) is 4.52. The fourth-order valence-corrected chi connectivity index (χ4v) is 3.20. The average molecular weight is 366 g/mol. The first-order valence-electron chi connectivity index (χ1n) is 8.11. The zero-order valence-electron chi connectivity index (χ0n) is 13.9. The van der Waals surface area contributed by atoms with E-state index in [1.165, 1.54) is 0 Å². The van der Waals surface area contributed by atoms with Crippen LogP contribution in [0.2, 0.25) is 0 Å². The molecule has 0 saturated heterocycles. The van der Waals surface area contributed by atoms with Crippen LogP contribution >= 0.6 is 0 Å². The first kappa shape index (κ1) is 18.0. The van der Waals surface area contributed by atoms with Crippen molar-refractivity contribution < 1.29 is 23.1 Å². The van der Waals surface area contributed by atoms with Crippen molar-refractivity contribution in [2.75, 3.05) is 0 Å². The Morgan fingerprint density at radius 3 is 2.65 bits per heavy atom. The van der Waals surface area contributed by atoms with Crippen molar-refractivity contribution in [3.05, 3.63) is 62.6 Å². The van der Waals surface area contributed by atoms with Gasteiger partial charge in [0.25, 0.3) is 11.5 Å². The summed E-state index contributed by atoms with van der Waals surface area (Å²) in [7, 11) is 0. The SMILES string of the molecule is Cc1ccc2c(c1O)CCCC2NC(=O)c1ccc(C(F)(F)F)[nH]c1=O. The van der Waals surface area contributed by atoms with Gasteiger partial charge in [0.2, 0.25) is 0 Å². The number of H-pyrrole nitrogens is 1. The van der Waals surface area contributed by atoms with Gasteiger partial charge in [-0.25, -0.2) is 0 Å². The second kappa shape index (κ2) is 6.51. The maximum Gasteiger partial charge on any atom is 0.431 e. The molecule has 1 heterocycles. The third kappa shape index (κ3) is 3.31. The second-order valence-corrected chi connectivity index (χ2v) is 6.33. The van der Waals surface area contributed by atoms with E-state index >= 15 is 0 Å². The molecule has 1 aromatic carbocycles. The summed E-state index contributed by atoms with van der Waals surface area (Å²) in [4.78, 5) is 25.9. The number of amides is 1. The number of aromatic nitrogens is 1. The number of carbonyl (C=O) groups is 1. The van der Waals surface area contributed by atoms with E-state index in [0.29, 0.717) is 18.9 Å². The topological polar surface area (TPSA) is 82.2 Å². The number of nitrogens with one attached hydrogen (secondary N) is 2. The molecular formula is C18H17F3N2O3. The van der Waals surface area contributed by atoms with Gasteiger partial charge in [-0.3, -0.25) is 9.59 Å². The van der Waals surface area contributed by atoms with Gasteiger partial charge >= 0.3 is 6.18 Å². The molecule has 1 amide bonds. The van der Waals surface area contributed by atoms with Gasteiger partial charge in [0, 0.05) is 0 Å². The summed E-state index contributed by atoms with van der Waals surface area (Å²) >= 11 is 0. The molecule has 1 atom stereocenters. The number of aromatic amines is 1. The van der Waals surface area contributed by atoms with Gasteiger partial charge in [0.05, 0.1) is 6.04 Å². The van der Waals surface area contributed by atoms with Crippen LogP contribution in [0.4, 0.5) is 13.2 Å². The highest BCUT2D eigenvalue weighted by atomic mass is 19.4. The minimum absolute atomic E-state index is 0.189. The van der Waals surface area contributed by atoms with Crippen LogP contribution in [-0.4, -0.2) is 16.0 Å². The van der Waals surface area contributed by atoms with Gasteiger partial charge in [0.15, 0.2) is 0 Å². The van der Waals surface area contributed by atoms with E-state index in [4.69, 9.17) is 0 Å². The largest absolute Gasteiger partial charge is 0.507 e. The number of hydrogen-bond donors (Lipinski definition) is 3. The summed E-state index contributed by atoms with van der Waals surface area (Å²) < 4.78 is 37.8. The highest BCUT2D eigenvalue weighted by molar-refractivity contribution is 5.94. The molecule has 0 aliphatic heterocycles. The van der Waals surface area contributed by atoms with Crippen molar-refractivity contribution in [1.82, 2.24) is 10.3 Å². The molecule has 0 bridgehead atoms. The zero-order chi connectivity index (χ0) is 19.1. The molecule has 26 heavy (non-hydrogen) atoms. The van der Waals surface area contributed by atoms with Crippen molar-refractivity contribution in [3.8, 4) is 5.75 Å². The lowest BCUT2D eigenvalue weighted by atomic mass is 9.86. The van der Waals surface area contributed by atoms with E-state index in [-0.39, 0.29) is 11.3 Å². The van der Waals surface area contributed by atoms with Crippen LogP contribution in [0.3, 0.4) is 0 Å². The molecule has 0 radical (unpaired) electrons. The fraction of sp³-hybridized carbons (Fsp3) is 0.333. The van der Waals surface area contributed by atoms with Crippen molar-refractivity contribution in [1.29, 1.82) is 0 Å². The van der Waals surface area contributed by atoms with Crippen LogP contribution in [-0.2, 0) is 12.6 Å². The van der Waals surface area contributed by atoms with Gasteiger partial charge in [-0.1, -0.05) is 12.1 Å². The Labute approximate surface area is 146 Å². The highest BCUT2D eigenvalue weighted by Gasteiger charge is 2.32. The lowest BCUT2D eigenvalue weighted by molar-refractivity contribution is -0.141. The second-order valence-electron chi connectivity index (χ2n) is 6.33. The monoisotopic (exact) mass is 366 g/mol. The van der Waals surface area contributed by atoms with E-state index in [1.807, 2.05) is 6.07 Å². The van der Waals surface area contributed by atoms with Crippen molar-refractivity contribution in [2.45, 2.75) is 38.4 Å². The smallest absolute Gasteiger partial charge is 0.431 e. The predicted molar refractivity (Wildman–Crippen MR) is 88.1 cm³/mol. The standard InChI is InChI=1S/C18H17F3N2O3/c1-9-5-6-10-11(15(9)24)3-2-4-13(10)22-16(25)12-7-8-14(18(19,20)21)23-17(12)26/h5-8,13,24H,2-4H2,1H3,(H,22,25)(H,23,26). The summed E-state index contributed by atoms with van der Waals surface area (Å²) in [5.74, 6) is -0.563. The number of fused-ring (bicyclic) bond motifs is 1. The molecule has 0 spiro atoms. The average Bonchev–Trinajstić information content (AvgIpc) is 2.57. The molecule has 3 N–H and O–H groups in total. The maximum absolute atomic E-state index is 12.6. The zero-order valence-corrected chi connectivity index (χ0v) is 13.9. The predicted octanol–water partition coefficient (Wildman–Crippen LogP) is 3.22. The van der Waals surface area contributed by atoms with Gasteiger partial charge < -0.3 is 15.4 Å². The number of carbonyl (C=O) groups excluding carboxylic acids is 1. The quantitative estimate of drug-likeness (QED) is 0.763. The molecule has 3 rings (SSSR count). The fourth-order valence-electron chi connectivity index (χ4n) is 3.20. The molecule has 8 heteroatoms. The summed E-state index contributed by atoms with van der Waals surface area (Å²) in [5.41, 5.74) is -0.446. The minimum atomic E-state index is -4.69. The van der Waals surface area contributed by atoms with Gasteiger partial charge in [-0.2, -0.15) is 13.2 Å². The summed E-state index contributed by atoms with van der Waals surface area (Å²) in [6, 6.07) is 4.67. The Morgan fingerprint density at radius 1 is 1.27 bits per heavy atom. The Hall–Kier alpha value is -2.77. The van der Waals surface area contributed by atoms with E-state index in [0.717, 1.165) is 29.2 Å². The van der Waals surface area contributed by atoms with Crippen molar-refractivity contribution in [3.63, 3.8) is 0 Å². The number of halogens is 3. The maximum atomic E-state index is 12.6. The van der Waals surface area contributed by atoms with Gasteiger partial charge in [-0.15, -0.1) is 0 Å². The lowest BCUT2D eigenvalue weighted by Gasteiger charge is -2.27. The molecule has 1 aromatic heterocycles. The molecule has 0 fully saturated rings. The third-order valence-corrected chi connectivity index (χ3v) is 4.58. The van der Waals surface area contributed by atoms with Crippen LogP contribution < -0.4 is 10.9 Å². The number of alkyl halides is 3. The Morgan fingerprint density at radius 2 is 2.00 bits per heavy atom. The number of aryl methyl sites for hydroxylation is 1. The van der Waals surface area contributed by atoms with Crippen LogP contribution in [0.1, 0.15) is 51.6 Å². The highest BCUT2D eigenvalue weighted by Crippen LogP contribution is 2.36. The van der Waals surface area contributed by atoms with Crippen molar-refractivity contribution in [2.24, 2.45) is 0 Å². The minimum Gasteiger partial charge on any atom is -0.507 e. The molecule has 5 nitrogen and oxygen atoms in total. The molecule has 138 valence electrons. The molecule has 0 saturated carbocycles. The summed E-state index contributed by atoms with van der Waals surface area (Å²) in [6.07, 6.45) is -2.67. The number of aromatic hydroxyl groups is 1.